The van der Waals surface area contributed by atoms with Crippen molar-refractivity contribution in [2.24, 2.45) is 11.1 Å². The van der Waals surface area contributed by atoms with Crippen LogP contribution in [-0.4, -0.2) is 44.9 Å². The summed E-state index contributed by atoms with van der Waals surface area (Å²) in [6.45, 7) is 6.67. The van der Waals surface area contributed by atoms with Gasteiger partial charge in [-0.2, -0.15) is 0 Å². The number of hydrogen-bond donors (Lipinski definition) is 2. The molecule has 1 heterocycles. The molecule has 0 aromatic rings. The first kappa shape index (κ1) is 18.6. The van der Waals surface area contributed by atoms with E-state index in [1.54, 1.807) is 7.11 Å². The fraction of sp³-hybridized carbons (Fsp3) is 0.923. The van der Waals surface area contributed by atoms with Crippen molar-refractivity contribution in [1.82, 2.24) is 5.32 Å². The van der Waals surface area contributed by atoms with Crippen molar-refractivity contribution in [3.8, 4) is 0 Å². The molecule has 6 heteroatoms. The van der Waals surface area contributed by atoms with Gasteiger partial charge in [0.05, 0.1) is 5.54 Å². The van der Waals surface area contributed by atoms with E-state index in [0.717, 1.165) is 6.42 Å². The number of hydrogen-bond acceptors (Lipinski definition) is 4. The Hall–Kier alpha value is -0.360. The number of rotatable bonds is 6. The van der Waals surface area contributed by atoms with Crippen LogP contribution in [0.25, 0.3) is 0 Å². The third-order valence-electron chi connectivity index (χ3n) is 3.55. The summed E-state index contributed by atoms with van der Waals surface area (Å²) in [5.41, 5.74) is 5.38. The summed E-state index contributed by atoms with van der Waals surface area (Å²) < 4.78 is 10.3. The van der Waals surface area contributed by atoms with Crippen LogP contribution < -0.4 is 11.1 Å². The average molecular weight is 295 g/mol. The van der Waals surface area contributed by atoms with E-state index >= 15 is 0 Å². The number of methoxy groups -OCH3 is 1. The third kappa shape index (κ3) is 6.08. The first-order valence-electron chi connectivity index (χ1n) is 6.53. The monoisotopic (exact) mass is 294 g/mol. The van der Waals surface area contributed by atoms with Gasteiger partial charge in [0.2, 0.25) is 5.91 Å². The van der Waals surface area contributed by atoms with Gasteiger partial charge in [0.25, 0.3) is 0 Å². The highest BCUT2D eigenvalue weighted by atomic mass is 35.5. The molecular weight excluding hydrogens is 268 g/mol. The Labute approximate surface area is 122 Å². The van der Waals surface area contributed by atoms with E-state index < -0.39 is 5.54 Å². The highest BCUT2D eigenvalue weighted by molar-refractivity contribution is 5.86. The maximum atomic E-state index is 12.1. The minimum Gasteiger partial charge on any atom is -0.385 e. The molecule has 1 aliphatic heterocycles. The highest BCUT2D eigenvalue weighted by Gasteiger charge is 2.36. The SMILES string of the molecule is COCCC(C)(C)CNC(=O)C1(N)CCOCC1.Cl. The van der Waals surface area contributed by atoms with Crippen LogP contribution in [0, 0.1) is 5.41 Å². The minimum absolute atomic E-state index is 0. The van der Waals surface area contributed by atoms with Gasteiger partial charge in [-0.25, -0.2) is 0 Å². The molecule has 0 saturated carbocycles. The molecule has 3 N–H and O–H groups in total. The maximum Gasteiger partial charge on any atom is 0.240 e. The van der Waals surface area contributed by atoms with Gasteiger partial charge < -0.3 is 20.5 Å². The number of halogens is 1. The van der Waals surface area contributed by atoms with E-state index in [1.165, 1.54) is 0 Å². The van der Waals surface area contributed by atoms with Crippen LogP contribution in [0.1, 0.15) is 33.1 Å². The van der Waals surface area contributed by atoms with Crippen LogP contribution in [0.3, 0.4) is 0 Å². The van der Waals surface area contributed by atoms with E-state index in [1.807, 2.05) is 0 Å². The van der Waals surface area contributed by atoms with E-state index in [4.69, 9.17) is 15.2 Å². The summed E-state index contributed by atoms with van der Waals surface area (Å²) in [5.74, 6) is -0.0590. The molecule has 114 valence electrons. The summed E-state index contributed by atoms with van der Waals surface area (Å²) in [6.07, 6.45) is 2.10. The molecule has 1 fully saturated rings. The van der Waals surface area contributed by atoms with Crippen LogP contribution in [0.4, 0.5) is 0 Å². The second kappa shape index (κ2) is 8.04. The molecule has 19 heavy (non-hydrogen) atoms. The van der Waals surface area contributed by atoms with E-state index in [0.29, 0.717) is 39.2 Å². The number of carbonyl (C=O) groups is 1. The molecule has 1 aliphatic rings. The lowest BCUT2D eigenvalue weighted by molar-refractivity contribution is -0.130. The summed E-state index contributed by atoms with van der Waals surface area (Å²) in [4.78, 5) is 12.1. The Balaban J connectivity index is 0.00000324. The highest BCUT2D eigenvalue weighted by Crippen LogP contribution is 2.21. The lowest BCUT2D eigenvalue weighted by atomic mass is 9.87. The van der Waals surface area contributed by atoms with Gasteiger partial charge in [-0.3, -0.25) is 4.79 Å². The van der Waals surface area contributed by atoms with E-state index in [9.17, 15) is 4.79 Å². The van der Waals surface area contributed by atoms with Crippen LogP contribution in [0.15, 0.2) is 0 Å². The zero-order chi connectivity index (χ0) is 13.6. The van der Waals surface area contributed by atoms with Crippen molar-refractivity contribution >= 4 is 18.3 Å². The molecule has 0 aromatic carbocycles. The zero-order valence-corrected chi connectivity index (χ0v) is 13.0. The number of nitrogens with one attached hydrogen (secondary N) is 1. The molecule has 0 unspecified atom stereocenters. The van der Waals surface area contributed by atoms with Crippen LogP contribution in [0.5, 0.6) is 0 Å². The first-order chi connectivity index (χ1) is 8.40. The number of carbonyl (C=O) groups excluding carboxylic acids is 1. The Kier molecular flexibility index (Phi) is 7.89. The minimum atomic E-state index is -0.754. The molecule has 0 aromatic heterocycles. The summed E-state index contributed by atoms with van der Waals surface area (Å²) in [6, 6.07) is 0. The Morgan fingerprint density at radius 2 is 2.00 bits per heavy atom. The molecule has 0 radical (unpaired) electrons. The van der Waals surface area contributed by atoms with Crippen LogP contribution in [0.2, 0.25) is 0 Å². The summed E-state index contributed by atoms with van der Waals surface area (Å²) >= 11 is 0. The standard InChI is InChI=1S/C13H26N2O3.ClH/c1-12(2,4-7-17-3)10-15-11(16)13(14)5-8-18-9-6-13;/h4-10,14H2,1-3H3,(H,15,16);1H. The molecule has 1 amide bonds. The lowest BCUT2D eigenvalue weighted by Crippen LogP contribution is -2.57. The van der Waals surface area contributed by atoms with Crippen LogP contribution in [-0.2, 0) is 14.3 Å². The predicted octanol–water partition coefficient (Wildman–Crippen LogP) is 1.09. The number of ether oxygens (including phenoxy) is 2. The lowest BCUT2D eigenvalue weighted by Gasteiger charge is -2.33. The maximum absolute atomic E-state index is 12.1. The smallest absolute Gasteiger partial charge is 0.240 e. The van der Waals surface area contributed by atoms with Crippen molar-refractivity contribution in [2.45, 2.75) is 38.6 Å². The molecule has 5 nitrogen and oxygen atoms in total. The second-order valence-electron chi connectivity index (χ2n) is 5.86. The van der Waals surface area contributed by atoms with E-state index in [-0.39, 0.29) is 23.7 Å². The van der Waals surface area contributed by atoms with Gasteiger partial charge in [0, 0.05) is 33.5 Å². The van der Waals surface area contributed by atoms with Crippen molar-refractivity contribution in [3.63, 3.8) is 0 Å². The molecule has 0 spiro atoms. The van der Waals surface area contributed by atoms with Gasteiger partial charge in [-0.05, 0) is 24.7 Å². The Morgan fingerprint density at radius 3 is 2.53 bits per heavy atom. The van der Waals surface area contributed by atoms with Gasteiger partial charge in [-0.1, -0.05) is 13.8 Å². The number of amides is 1. The largest absolute Gasteiger partial charge is 0.385 e. The number of nitrogens with two attached hydrogens (primary N) is 1. The predicted molar refractivity (Wildman–Crippen MR) is 77.5 cm³/mol. The van der Waals surface area contributed by atoms with Crippen molar-refractivity contribution in [2.75, 3.05) is 33.5 Å². The third-order valence-corrected chi connectivity index (χ3v) is 3.55. The quantitative estimate of drug-likeness (QED) is 0.769. The average Bonchev–Trinajstić information content (AvgIpc) is 2.34. The summed E-state index contributed by atoms with van der Waals surface area (Å²) in [5, 5.41) is 2.97. The molecule has 0 atom stereocenters. The van der Waals surface area contributed by atoms with E-state index in [2.05, 4.69) is 19.2 Å². The van der Waals surface area contributed by atoms with Gasteiger partial charge in [0.1, 0.15) is 0 Å². The van der Waals surface area contributed by atoms with Crippen LogP contribution >= 0.6 is 12.4 Å². The zero-order valence-electron chi connectivity index (χ0n) is 12.2. The molecule has 0 aliphatic carbocycles. The normalized spacial score (nSPS) is 18.5. The van der Waals surface area contributed by atoms with Crippen molar-refractivity contribution in [3.05, 3.63) is 0 Å². The van der Waals surface area contributed by atoms with Crippen molar-refractivity contribution < 1.29 is 14.3 Å². The molecule has 1 saturated heterocycles. The Bertz CT molecular complexity index is 279. The molecule has 0 bridgehead atoms. The first-order valence-corrected chi connectivity index (χ1v) is 6.53. The molecule has 1 rings (SSSR count). The van der Waals surface area contributed by atoms with Gasteiger partial charge >= 0.3 is 0 Å². The van der Waals surface area contributed by atoms with Gasteiger partial charge in [-0.15, -0.1) is 12.4 Å². The molecular formula is C13H27ClN2O3. The van der Waals surface area contributed by atoms with Gasteiger partial charge in [0.15, 0.2) is 0 Å². The fourth-order valence-corrected chi connectivity index (χ4v) is 1.93. The Morgan fingerprint density at radius 1 is 1.42 bits per heavy atom. The second-order valence-corrected chi connectivity index (χ2v) is 5.86. The summed E-state index contributed by atoms with van der Waals surface area (Å²) in [7, 11) is 1.69. The topological polar surface area (TPSA) is 73.6 Å². The fourth-order valence-electron chi connectivity index (χ4n) is 1.93. The van der Waals surface area contributed by atoms with Crippen molar-refractivity contribution in [1.29, 1.82) is 0 Å².